The molecule has 0 saturated carbocycles. The maximum absolute atomic E-state index is 12.3. The molecule has 2 aliphatic heterocycles. The Morgan fingerprint density at radius 1 is 1.39 bits per heavy atom. The van der Waals surface area contributed by atoms with Gasteiger partial charge in [0.05, 0.1) is 18.9 Å². The molecule has 0 aliphatic carbocycles. The molecule has 3 rings (SSSR count). The van der Waals surface area contributed by atoms with Crippen LogP contribution in [-0.4, -0.2) is 78.2 Å². The summed E-state index contributed by atoms with van der Waals surface area (Å²) in [5.74, 6) is 1.15. The Balaban J connectivity index is 1.58. The SMILES string of the molecule is CN(C)c1cncc(O[C@H]2CCN(C(=O)N3CCNC3=O)C2)n1. The van der Waals surface area contributed by atoms with Crippen LogP contribution < -0.4 is 15.0 Å². The number of ether oxygens (including phenoxy) is 1. The zero-order valence-corrected chi connectivity index (χ0v) is 13.2. The molecule has 0 aromatic carbocycles. The number of amides is 4. The summed E-state index contributed by atoms with van der Waals surface area (Å²) in [5.41, 5.74) is 0. The van der Waals surface area contributed by atoms with Crippen molar-refractivity contribution in [2.75, 3.05) is 45.2 Å². The van der Waals surface area contributed by atoms with Crippen LogP contribution in [0.1, 0.15) is 6.42 Å². The van der Waals surface area contributed by atoms with Gasteiger partial charge in [0.2, 0.25) is 5.88 Å². The van der Waals surface area contributed by atoms with E-state index in [9.17, 15) is 9.59 Å². The first-order chi connectivity index (χ1) is 11.0. The Labute approximate surface area is 134 Å². The van der Waals surface area contributed by atoms with Crippen molar-refractivity contribution in [3.8, 4) is 5.88 Å². The highest BCUT2D eigenvalue weighted by Crippen LogP contribution is 2.19. The first-order valence-electron chi connectivity index (χ1n) is 7.55. The molecule has 0 bridgehead atoms. The first-order valence-corrected chi connectivity index (χ1v) is 7.55. The van der Waals surface area contributed by atoms with Gasteiger partial charge in [0.1, 0.15) is 6.10 Å². The molecule has 4 amide bonds. The molecule has 23 heavy (non-hydrogen) atoms. The predicted octanol–water partition coefficient (Wildman–Crippen LogP) is 0.141. The lowest BCUT2D eigenvalue weighted by Crippen LogP contribution is -2.44. The fraction of sp³-hybridized carbons (Fsp3) is 0.571. The number of anilines is 1. The molecule has 0 radical (unpaired) electrons. The van der Waals surface area contributed by atoms with Gasteiger partial charge >= 0.3 is 12.1 Å². The van der Waals surface area contributed by atoms with Crippen LogP contribution in [0.5, 0.6) is 5.88 Å². The van der Waals surface area contributed by atoms with Crippen molar-refractivity contribution in [2.24, 2.45) is 0 Å². The van der Waals surface area contributed by atoms with E-state index in [2.05, 4.69) is 15.3 Å². The average Bonchev–Trinajstić information content (AvgIpc) is 3.16. The van der Waals surface area contributed by atoms with Crippen LogP contribution in [0.15, 0.2) is 12.4 Å². The highest BCUT2D eigenvalue weighted by Gasteiger charge is 2.35. The maximum atomic E-state index is 12.3. The van der Waals surface area contributed by atoms with E-state index in [0.717, 1.165) is 0 Å². The molecule has 9 heteroatoms. The molecule has 1 N–H and O–H groups in total. The highest BCUT2D eigenvalue weighted by atomic mass is 16.5. The van der Waals surface area contributed by atoms with E-state index in [0.29, 0.717) is 44.3 Å². The summed E-state index contributed by atoms with van der Waals surface area (Å²) in [6, 6.07) is -0.594. The van der Waals surface area contributed by atoms with Crippen LogP contribution in [0.3, 0.4) is 0 Å². The van der Waals surface area contributed by atoms with E-state index < -0.39 is 0 Å². The number of urea groups is 2. The topological polar surface area (TPSA) is 90.9 Å². The Morgan fingerprint density at radius 3 is 2.91 bits per heavy atom. The average molecular weight is 320 g/mol. The Kier molecular flexibility index (Phi) is 4.18. The molecule has 0 spiro atoms. The lowest BCUT2D eigenvalue weighted by Gasteiger charge is -2.21. The van der Waals surface area contributed by atoms with E-state index in [1.165, 1.54) is 4.90 Å². The summed E-state index contributed by atoms with van der Waals surface area (Å²) in [5, 5.41) is 2.63. The van der Waals surface area contributed by atoms with Crippen molar-refractivity contribution in [3.05, 3.63) is 12.4 Å². The minimum Gasteiger partial charge on any atom is -0.471 e. The number of hydrogen-bond donors (Lipinski definition) is 1. The summed E-state index contributed by atoms with van der Waals surface area (Å²) >= 11 is 0. The number of carbonyl (C=O) groups is 2. The summed E-state index contributed by atoms with van der Waals surface area (Å²) in [4.78, 5) is 37.0. The van der Waals surface area contributed by atoms with Gasteiger partial charge < -0.3 is 19.9 Å². The number of hydrogen-bond acceptors (Lipinski definition) is 6. The second-order valence-electron chi connectivity index (χ2n) is 5.75. The smallest absolute Gasteiger partial charge is 0.328 e. The van der Waals surface area contributed by atoms with E-state index in [1.54, 1.807) is 17.3 Å². The second-order valence-corrected chi connectivity index (χ2v) is 5.75. The molecule has 2 saturated heterocycles. The zero-order chi connectivity index (χ0) is 16.4. The van der Waals surface area contributed by atoms with Gasteiger partial charge in [-0.15, -0.1) is 0 Å². The first kappa shape index (κ1) is 15.3. The minimum atomic E-state index is -0.330. The molecular formula is C14H20N6O3. The summed E-state index contributed by atoms with van der Waals surface area (Å²) in [6.07, 6.45) is 3.78. The third-order valence-electron chi connectivity index (χ3n) is 3.85. The largest absolute Gasteiger partial charge is 0.471 e. The number of nitrogens with one attached hydrogen (secondary N) is 1. The van der Waals surface area contributed by atoms with Crippen LogP contribution in [0.25, 0.3) is 0 Å². The number of rotatable bonds is 3. The lowest BCUT2D eigenvalue weighted by atomic mass is 10.3. The Morgan fingerprint density at radius 2 is 2.22 bits per heavy atom. The van der Waals surface area contributed by atoms with Gasteiger partial charge in [0, 0.05) is 40.2 Å². The fourth-order valence-corrected chi connectivity index (χ4v) is 2.60. The molecule has 0 unspecified atom stereocenters. The number of carbonyl (C=O) groups excluding carboxylic acids is 2. The van der Waals surface area contributed by atoms with Crippen molar-refractivity contribution < 1.29 is 14.3 Å². The molecule has 124 valence electrons. The third-order valence-corrected chi connectivity index (χ3v) is 3.85. The summed E-state index contributed by atoms with van der Waals surface area (Å²) in [6.45, 7) is 1.92. The molecule has 2 aliphatic rings. The third kappa shape index (κ3) is 3.27. The van der Waals surface area contributed by atoms with Crippen LogP contribution in [0.2, 0.25) is 0 Å². The van der Waals surface area contributed by atoms with Crippen molar-refractivity contribution in [3.63, 3.8) is 0 Å². The van der Waals surface area contributed by atoms with Gasteiger partial charge in [-0.1, -0.05) is 0 Å². The zero-order valence-electron chi connectivity index (χ0n) is 13.2. The maximum Gasteiger partial charge on any atom is 0.328 e. The summed E-state index contributed by atoms with van der Waals surface area (Å²) < 4.78 is 5.82. The number of nitrogens with zero attached hydrogens (tertiary/aromatic N) is 5. The van der Waals surface area contributed by atoms with Crippen molar-refractivity contribution in [2.45, 2.75) is 12.5 Å². The van der Waals surface area contributed by atoms with Gasteiger partial charge in [0.15, 0.2) is 5.82 Å². The number of imide groups is 1. The van der Waals surface area contributed by atoms with E-state index in [1.807, 2.05) is 19.0 Å². The predicted molar refractivity (Wildman–Crippen MR) is 82.5 cm³/mol. The van der Waals surface area contributed by atoms with Gasteiger partial charge in [0.25, 0.3) is 0 Å². The van der Waals surface area contributed by atoms with E-state index in [4.69, 9.17) is 4.74 Å². The van der Waals surface area contributed by atoms with Gasteiger partial charge in [-0.3, -0.25) is 4.98 Å². The lowest BCUT2D eigenvalue weighted by molar-refractivity contribution is 0.160. The molecule has 1 aromatic heterocycles. The van der Waals surface area contributed by atoms with Crippen molar-refractivity contribution >= 4 is 17.9 Å². The standard InChI is InChI=1S/C14H20N6O3/c1-18(2)11-7-15-8-12(17-11)23-10-3-5-19(9-10)14(22)20-6-4-16-13(20)21/h7-8,10H,3-6,9H2,1-2H3,(H,16,21)/t10-/m0/s1. The van der Waals surface area contributed by atoms with Crippen molar-refractivity contribution in [1.82, 2.24) is 25.1 Å². The van der Waals surface area contributed by atoms with Gasteiger partial charge in [-0.2, -0.15) is 4.98 Å². The highest BCUT2D eigenvalue weighted by molar-refractivity contribution is 5.95. The minimum absolute atomic E-state index is 0.142. The molecule has 3 heterocycles. The monoisotopic (exact) mass is 320 g/mol. The molecule has 1 aromatic rings. The van der Waals surface area contributed by atoms with Crippen molar-refractivity contribution in [1.29, 1.82) is 0 Å². The van der Waals surface area contributed by atoms with Crippen LogP contribution in [0.4, 0.5) is 15.4 Å². The fourth-order valence-electron chi connectivity index (χ4n) is 2.60. The molecule has 1 atom stereocenters. The van der Waals surface area contributed by atoms with Gasteiger partial charge in [-0.05, 0) is 0 Å². The quantitative estimate of drug-likeness (QED) is 0.852. The van der Waals surface area contributed by atoms with Crippen LogP contribution in [0, 0.1) is 0 Å². The van der Waals surface area contributed by atoms with E-state index >= 15 is 0 Å². The normalized spacial score (nSPS) is 20.6. The Hall–Kier alpha value is -2.58. The number of likely N-dealkylation sites (tertiary alicyclic amines) is 1. The summed E-state index contributed by atoms with van der Waals surface area (Å²) in [7, 11) is 3.76. The van der Waals surface area contributed by atoms with E-state index in [-0.39, 0.29) is 18.2 Å². The van der Waals surface area contributed by atoms with Gasteiger partial charge in [-0.25, -0.2) is 14.5 Å². The Bertz CT molecular complexity index is 608. The molecule has 2 fully saturated rings. The molecular weight excluding hydrogens is 300 g/mol. The second kappa shape index (κ2) is 6.27. The number of aromatic nitrogens is 2. The van der Waals surface area contributed by atoms with Crippen LogP contribution in [-0.2, 0) is 0 Å². The van der Waals surface area contributed by atoms with Crippen LogP contribution >= 0.6 is 0 Å². The molecule has 9 nitrogen and oxygen atoms in total.